The van der Waals surface area contributed by atoms with Gasteiger partial charge in [0.05, 0.1) is 42.5 Å². The third-order valence-corrected chi connectivity index (χ3v) is 6.15. The number of rotatable bonds is 6. The zero-order valence-corrected chi connectivity index (χ0v) is 20.1. The molecule has 198 valence electrons. The average molecular weight is 531 g/mol. The van der Waals surface area contributed by atoms with Crippen molar-refractivity contribution in [3.05, 3.63) is 77.1 Å². The van der Waals surface area contributed by atoms with Gasteiger partial charge in [-0.15, -0.1) is 0 Å². The number of likely N-dealkylation sites (tertiary alicyclic amines) is 1. The fraction of sp³-hybridized carbons (Fsp3) is 0.308. The highest BCUT2D eigenvalue weighted by atomic mass is 19.4. The fourth-order valence-corrected chi connectivity index (χ4v) is 4.26. The van der Waals surface area contributed by atoms with Crippen molar-refractivity contribution in [2.24, 2.45) is 0 Å². The molecule has 1 saturated heterocycles. The number of halogens is 5. The number of nitrogens with zero attached hydrogens (tertiary/aromatic N) is 4. The number of alkyl halides is 5. The molecule has 0 saturated carbocycles. The third kappa shape index (κ3) is 5.99. The number of aryl methyl sites for hydroxylation is 1. The third-order valence-electron chi connectivity index (χ3n) is 6.15. The molecule has 2 aromatic carbocycles. The van der Waals surface area contributed by atoms with Crippen molar-refractivity contribution in [1.29, 1.82) is 5.26 Å². The van der Waals surface area contributed by atoms with E-state index < -0.39 is 55.0 Å². The zero-order valence-electron chi connectivity index (χ0n) is 20.1. The van der Waals surface area contributed by atoms with Crippen molar-refractivity contribution < 1.29 is 31.5 Å². The summed E-state index contributed by atoms with van der Waals surface area (Å²) in [5.41, 5.74) is 1.91. The molecule has 38 heavy (non-hydrogen) atoms. The Morgan fingerprint density at radius 1 is 1.16 bits per heavy atom. The van der Waals surface area contributed by atoms with Gasteiger partial charge in [0.2, 0.25) is 5.91 Å². The molecular weight excluding hydrogens is 509 g/mol. The number of benzene rings is 2. The predicted octanol–water partition coefficient (Wildman–Crippen LogP) is 4.42. The van der Waals surface area contributed by atoms with Gasteiger partial charge in [-0.2, -0.15) is 23.5 Å². The molecule has 1 aliphatic rings. The number of amides is 2. The fourth-order valence-electron chi connectivity index (χ4n) is 4.26. The number of carbonyl (C=O) groups excluding carboxylic acids is 2. The van der Waals surface area contributed by atoms with Crippen LogP contribution >= 0.6 is 0 Å². The van der Waals surface area contributed by atoms with E-state index in [9.17, 15) is 31.5 Å². The van der Waals surface area contributed by atoms with E-state index in [-0.39, 0.29) is 12.1 Å². The van der Waals surface area contributed by atoms with Crippen LogP contribution < -0.4 is 5.32 Å². The molecule has 2 amide bonds. The van der Waals surface area contributed by atoms with Crippen molar-refractivity contribution in [3.8, 4) is 17.2 Å². The van der Waals surface area contributed by atoms with Gasteiger partial charge in [-0.05, 0) is 41.8 Å². The van der Waals surface area contributed by atoms with E-state index in [1.54, 1.807) is 37.3 Å². The Morgan fingerprint density at radius 2 is 1.87 bits per heavy atom. The molecule has 1 aliphatic heterocycles. The van der Waals surface area contributed by atoms with Gasteiger partial charge >= 0.3 is 6.18 Å². The van der Waals surface area contributed by atoms with Gasteiger partial charge < -0.3 is 10.2 Å². The first-order valence-corrected chi connectivity index (χ1v) is 11.5. The molecule has 0 aliphatic carbocycles. The molecule has 1 N–H and O–H groups in total. The SMILES string of the molecule is Cc1nn(Cc2cccc(-c3ccc(C(F)(F)F)cc3)c2)cc1C(=O)NCC(=O)N1CC(F)(F)C[C@H]1C#N. The summed E-state index contributed by atoms with van der Waals surface area (Å²) in [5, 5.41) is 15.7. The van der Waals surface area contributed by atoms with Crippen LogP contribution in [0.3, 0.4) is 0 Å². The Labute approximate surface area is 214 Å². The van der Waals surface area contributed by atoms with E-state index in [1.165, 1.54) is 23.0 Å². The zero-order chi connectivity index (χ0) is 27.7. The van der Waals surface area contributed by atoms with Gasteiger partial charge in [0.15, 0.2) is 0 Å². The van der Waals surface area contributed by atoms with E-state index >= 15 is 0 Å². The Hall–Kier alpha value is -4.27. The molecule has 4 rings (SSSR count). The van der Waals surface area contributed by atoms with Gasteiger partial charge in [-0.3, -0.25) is 14.3 Å². The monoisotopic (exact) mass is 531 g/mol. The molecule has 1 fully saturated rings. The highest BCUT2D eigenvalue weighted by Gasteiger charge is 2.47. The summed E-state index contributed by atoms with van der Waals surface area (Å²) in [7, 11) is 0. The van der Waals surface area contributed by atoms with Crippen molar-refractivity contribution in [3.63, 3.8) is 0 Å². The minimum Gasteiger partial charge on any atom is -0.343 e. The first kappa shape index (κ1) is 26.8. The van der Waals surface area contributed by atoms with Crippen LogP contribution in [-0.4, -0.2) is 51.5 Å². The maximum Gasteiger partial charge on any atom is 0.416 e. The first-order chi connectivity index (χ1) is 17.9. The summed E-state index contributed by atoms with van der Waals surface area (Å²) in [5.74, 6) is -4.56. The van der Waals surface area contributed by atoms with Crippen LogP contribution in [0.5, 0.6) is 0 Å². The van der Waals surface area contributed by atoms with E-state index in [2.05, 4.69) is 10.4 Å². The van der Waals surface area contributed by atoms with E-state index in [4.69, 9.17) is 5.26 Å². The molecule has 0 unspecified atom stereocenters. The van der Waals surface area contributed by atoms with Crippen LogP contribution in [0.2, 0.25) is 0 Å². The Kier molecular flexibility index (Phi) is 7.22. The second-order valence-corrected chi connectivity index (χ2v) is 9.01. The topological polar surface area (TPSA) is 91.0 Å². The number of hydrogen-bond donors (Lipinski definition) is 1. The van der Waals surface area contributed by atoms with Crippen molar-refractivity contribution in [1.82, 2.24) is 20.0 Å². The molecule has 12 heteroatoms. The van der Waals surface area contributed by atoms with E-state index in [0.29, 0.717) is 16.8 Å². The quantitative estimate of drug-likeness (QED) is 0.477. The van der Waals surface area contributed by atoms with Crippen LogP contribution in [0.1, 0.15) is 33.6 Å². The summed E-state index contributed by atoms with van der Waals surface area (Å²) in [4.78, 5) is 25.7. The standard InChI is InChI=1S/C26H22F5N5O2/c1-16-22(24(38)33-12-23(37)36-15-25(27,28)10-21(36)11-32)14-35(34-16)13-17-3-2-4-19(9-17)18-5-7-20(8-6-18)26(29,30)31/h2-9,14,21H,10,12-13,15H2,1H3,(H,33,38)/t21-/m0/s1. The number of hydrogen-bond acceptors (Lipinski definition) is 4. The lowest BCUT2D eigenvalue weighted by molar-refractivity contribution is -0.137. The Balaban J connectivity index is 1.40. The van der Waals surface area contributed by atoms with E-state index in [0.717, 1.165) is 22.6 Å². The van der Waals surface area contributed by atoms with Crippen molar-refractivity contribution in [2.45, 2.75) is 38.0 Å². The van der Waals surface area contributed by atoms with Crippen LogP contribution in [0.4, 0.5) is 22.0 Å². The van der Waals surface area contributed by atoms with Gasteiger partial charge in [0.1, 0.15) is 6.04 Å². The Bertz CT molecular complexity index is 1390. The summed E-state index contributed by atoms with van der Waals surface area (Å²) >= 11 is 0. The molecule has 2 heterocycles. The first-order valence-electron chi connectivity index (χ1n) is 11.5. The lowest BCUT2D eigenvalue weighted by atomic mass is 10.0. The summed E-state index contributed by atoms with van der Waals surface area (Å²) < 4.78 is 67.2. The number of nitriles is 1. The summed E-state index contributed by atoms with van der Waals surface area (Å²) in [6.45, 7) is 0.433. The van der Waals surface area contributed by atoms with Crippen LogP contribution in [-0.2, 0) is 17.5 Å². The molecule has 1 atom stereocenters. The number of aromatic nitrogens is 2. The highest BCUT2D eigenvalue weighted by molar-refractivity contribution is 5.97. The molecule has 1 aromatic heterocycles. The maximum atomic E-state index is 13.6. The van der Waals surface area contributed by atoms with Crippen LogP contribution in [0.15, 0.2) is 54.7 Å². The number of carbonyl (C=O) groups is 2. The minimum absolute atomic E-state index is 0.181. The van der Waals surface area contributed by atoms with Crippen molar-refractivity contribution in [2.75, 3.05) is 13.1 Å². The van der Waals surface area contributed by atoms with E-state index in [1.807, 2.05) is 0 Å². The molecule has 0 bridgehead atoms. The van der Waals surface area contributed by atoms with Crippen LogP contribution in [0.25, 0.3) is 11.1 Å². The second kappa shape index (κ2) is 10.2. The molecule has 7 nitrogen and oxygen atoms in total. The second-order valence-electron chi connectivity index (χ2n) is 9.01. The van der Waals surface area contributed by atoms with Gasteiger partial charge in [0.25, 0.3) is 11.8 Å². The minimum atomic E-state index is -4.42. The highest BCUT2D eigenvalue weighted by Crippen LogP contribution is 2.32. The average Bonchev–Trinajstić information content (AvgIpc) is 3.39. The maximum absolute atomic E-state index is 13.6. The molecule has 0 spiro atoms. The van der Waals surface area contributed by atoms with Crippen LogP contribution in [0, 0.1) is 18.3 Å². The number of nitrogens with one attached hydrogen (secondary N) is 1. The largest absolute Gasteiger partial charge is 0.416 e. The normalized spacial score (nSPS) is 16.8. The lowest BCUT2D eigenvalue weighted by Gasteiger charge is -2.19. The van der Waals surface area contributed by atoms with Gasteiger partial charge in [0, 0.05) is 12.6 Å². The molecular formula is C26H22F5N5O2. The summed E-state index contributed by atoms with van der Waals surface area (Å²) in [6, 6.07) is 12.4. The van der Waals surface area contributed by atoms with Gasteiger partial charge in [-0.1, -0.05) is 30.3 Å². The summed E-state index contributed by atoms with van der Waals surface area (Å²) in [6.07, 6.45) is -3.69. The lowest BCUT2D eigenvalue weighted by Crippen LogP contribution is -2.43. The Morgan fingerprint density at radius 3 is 2.53 bits per heavy atom. The predicted molar refractivity (Wildman–Crippen MR) is 126 cm³/mol. The van der Waals surface area contributed by atoms with Gasteiger partial charge in [-0.25, -0.2) is 8.78 Å². The smallest absolute Gasteiger partial charge is 0.343 e. The van der Waals surface area contributed by atoms with Crippen molar-refractivity contribution >= 4 is 11.8 Å². The molecule has 0 radical (unpaired) electrons. The molecule has 3 aromatic rings.